The smallest absolute Gasteiger partial charge is 0.226 e. The number of aryl methyl sites for hydroxylation is 4. The third-order valence-electron chi connectivity index (χ3n) is 6.97. The average molecular weight is 552 g/mol. The van der Waals surface area contributed by atoms with Crippen LogP contribution in [0.4, 0.5) is 0 Å². The van der Waals surface area contributed by atoms with E-state index >= 15 is 0 Å². The van der Waals surface area contributed by atoms with Crippen molar-refractivity contribution in [1.29, 1.82) is 5.41 Å². The van der Waals surface area contributed by atoms with Gasteiger partial charge in [-0.2, -0.15) is 0 Å². The number of carbonyl (C=O) groups is 2. The molecule has 0 spiro atoms. The van der Waals surface area contributed by atoms with Crippen LogP contribution in [0.3, 0.4) is 0 Å². The van der Waals surface area contributed by atoms with E-state index in [1.54, 1.807) is 39.8 Å². The summed E-state index contributed by atoms with van der Waals surface area (Å²) >= 11 is 12.5. The molecular weight excluding hydrogens is 519 g/mol. The SMILES string of the molecule is Cc1cc(C)c(CC(=O)N(C)CCCn2c(=N)n(CC(=O)c3ccc(Cl)cc3)c3cccc(Cl)c32)c(C)c1. The van der Waals surface area contributed by atoms with Crippen molar-refractivity contribution in [3.8, 4) is 0 Å². The second kappa shape index (κ2) is 11.6. The summed E-state index contributed by atoms with van der Waals surface area (Å²) in [5, 5.41) is 9.94. The monoisotopic (exact) mass is 550 g/mol. The van der Waals surface area contributed by atoms with Crippen LogP contribution in [0, 0.1) is 26.2 Å². The second-order valence-electron chi connectivity index (χ2n) is 9.82. The van der Waals surface area contributed by atoms with Crippen LogP contribution >= 0.6 is 23.2 Å². The molecule has 1 aromatic heterocycles. The molecule has 0 aliphatic rings. The number of para-hydroxylation sites is 1. The zero-order valence-electron chi connectivity index (χ0n) is 22.1. The molecule has 0 fully saturated rings. The minimum atomic E-state index is -0.119. The van der Waals surface area contributed by atoms with Gasteiger partial charge in [0.15, 0.2) is 5.78 Å². The van der Waals surface area contributed by atoms with Gasteiger partial charge in [-0.15, -0.1) is 0 Å². The van der Waals surface area contributed by atoms with Crippen LogP contribution in [-0.2, 0) is 24.3 Å². The molecule has 1 N–H and O–H groups in total. The number of ketones is 1. The molecule has 6 nitrogen and oxygen atoms in total. The molecule has 0 unspecified atom stereocenters. The Bertz CT molecular complexity index is 1540. The normalized spacial score (nSPS) is 11.2. The van der Waals surface area contributed by atoms with Crippen molar-refractivity contribution in [2.24, 2.45) is 0 Å². The first-order chi connectivity index (χ1) is 18.1. The number of hydrogen-bond acceptors (Lipinski definition) is 3. The fourth-order valence-corrected chi connectivity index (χ4v) is 5.37. The Morgan fingerprint density at radius 2 is 1.61 bits per heavy atom. The van der Waals surface area contributed by atoms with Gasteiger partial charge in [-0.1, -0.05) is 47.0 Å². The van der Waals surface area contributed by atoms with Gasteiger partial charge >= 0.3 is 0 Å². The van der Waals surface area contributed by atoms with Gasteiger partial charge in [-0.3, -0.25) is 15.0 Å². The number of imidazole rings is 1. The predicted octanol–water partition coefficient (Wildman–Crippen LogP) is 6.13. The van der Waals surface area contributed by atoms with E-state index < -0.39 is 0 Å². The number of hydrogen-bond donors (Lipinski definition) is 1. The number of rotatable bonds is 9. The van der Waals surface area contributed by atoms with Crippen LogP contribution in [0.25, 0.3) is 11.0 Å². The highest BCUT2D eigenvalue weighted by atomic mass is 35.5. The van der Waals surface area contributed by atoms with E-state index in [1.165, 1.54) is 5.56 Å². The molecule has 4 aromatic rings. The first-order valence-electron chi connectivity index (χ1n) is 12.6. The van der Waals surface area contributed by atoms with Gasteiger partial charge in [-0.05, 0) is 80.3 Å². The van der Waals surface area contributed by atoms with Gasteiger partial charge in [0, 0.05) is 30.7 Å². The molecule has 8 heteroatoms. The van der Waals surface area contributed by atoms with Crippen molar-refractivity contribution >= 4 is 45.9 Å². The fraction of sp³-hybridized carbons (Fsp3) is 0.300. The quantitative estimate of drug-likeness (QED) is 0.254. The molecule has 1 heterocycles. The van der Waals surface area contributed by atoms with Gasteiger partial charge in [0.1, 0.15) is 0 Å². The zero-order valence-corrected chi connectivity index (χ0v) is 23.7. The highest BCUT2D eigenvalue weighted by Crippen LogP contribution is 2.24. The van der Waals surface area contributed by atoms with Crippen LogP contribution in [0.2, 0.25) is 10.0 Å². The summed E-state index contributed by atoms with van der Waals surface area (Å²) in [4.78, 5) is 27.7. The lowest BCUT2D eigenvalue weighted by Gasteiger charge is -2.19. The molecule has 3 aromatic carbocycles. The Morgan fingerprint density at radius 3 is 2.26 bits per heavy atom. The number of carbonyl (C=O) groups excluding carboxylic acids is 2. The number of benzene rings is 3. The van der Waals surface area contributed by atoms with Crippen molar-refractivity contribution in [3.63, 3.8) is 0 Å². The van der Waals surface area contributed by atoms with Crippen molar-refractivity contribution in [2.45, 2.75) is 46.7 Å². The van der Waals surface area contributed by atoms with Gasteiger partial charge in [0.2, 0.25) is 11.5 Å². The predicted molar refractivity (Wildman–Crippen MR) is 153 cm³/mol. The van der Waals surface area contributed by atoms with Crippen LogP contribution in [0.15, 0.2) is 54.6 Å². The van der Waals surface area contributed by atoms with Crippen molar-refractivity contribution in [3.05, 3.63) is 98.1 Å². The highest BCUT2D eigenvalue weighted by Gasteiger charge is 2.18. The largest absolute Gasteiger partial charge is 0.345 e. The zero-order chi connectivity index (χ0) is 27.6. The topological polar surface area (TPSA) is 71.1 Å². The summed E-state index contributed by atoms with van der Waals surface area (Å²) in [6, 6.07) is 16.4. The molecule has 0 aliphatic heterocycles. The number of halogens is 2. The molecule has 4 rings (SSSR count). The number of likely N-dealkylation sites (N-methyl/N-ethyl adjacent to an activating group) is 1. The van der Waals surface area contributed by atoms with Gasteiger partial charge in [0.05, 0.1) is 29.0 Å². The van der Waals surface area contributed by atoms with Gasteiger partial charge in [-0.25, -0.2) is 0 Å². The highest BCUT2D eigenvalue weighted by molar-refractivity contribution is 6.35. The van der Waals surface area contributed by atoms with E-state index in [0.717, 1.165) is 22.2 Å². The molecule has 1 amide bonds. The summed E-state index contributed by atoms with van der Waals surface area (Å²) < 4.78 is 3.50. The standard InChI is InChI=1S/C30H32Cl2N4O2/c1-19-15-20(2)24(21(3)16-19)17-28(38)34(4)13-6-14-35-29-25(32)7-5-8-26(29)36(30(35)33)18-27(37)22-9-11-23(31)12-10-22/h5,7-12,15-16,33H,6,13-14,17-18H2,1-4H3. The number of nitrogens with zero attached hydrogens (tertiary/aromatic N) is 3. The number of fused-ring (bicyclic) bond motifs is 1. The third-order valence-corrected chi connectivity index (χ3v) is 7.53. The molecule has 0 saturated carbocycles. The lowest BCUT2D eigenvalue weighted by molar-refractivity contribution is -0.129. The number of nitrogens with one attached hydrogen (secondary N) is 1. The van der Waals surface area contributed by atoms with Crippen molar-refractivity contribution < 1.29 is 9.59 Å². The Hall–Kier alpha value is -3.35. The summed E-state index contributed by atoms with van der Waals surface area (Å²) in [7, 11) is 1.81. The Morgan fingerprint density at radius 1 is 0.947 bits per heavy atom. The number of amides is 1. The molecule has 198 valence electrons. The van der Waals surface area contributed by atoms with Crippen molar-refractivity contribution in [1.82, 2.24) is 14.0 Å². The average Bonchev–Trinajstić information content (AvgIpc) is 3.13. The maximum Gasteiger partial charge on any atom is 0.226 e. The molecule has 0 aliphatic carbocycles. The van der Waals surface area contributed by atoms with Crippen molar-refractivity contribution in [2.75, 3.05) is 13.6 Å². The van der Waals surface area contributed by atoms with Crippen LogP contribution in [0.5, 0.6) is 0 Å². The van der Waals surface area contributed by atoms with Crippen LogP contribution in [-0.4, -0.2) is 39.3 Å². The minimum Gasteiger partial charge on any atom is -0.345 e. The Labute approximate surface area is 232 Å². The lowest BCUT2D eigenvalue weighted by Crippen LogP contribution is -2.32. The summed E-state index contributed by atoms with van der Waals surface area (Å²) in [5.41, 5.74) is 6.70. The molecule has 0 radical (unpaired) electrons. The first-order valence-corrected chi connectivity index (χ1v) is 13.3. The van der Waals surface area contributed by atoms with E-state index in [1.807, 2.05) is 37.6 Å². The Balaban J connectivity index is 1.49. The third kappa shape index (κ3) is 5.87. The molecule has 0 bridgehead atoms. The van der Waals surface area contributed by atoms with Gasteiger partial charge < -0.3 is 14.0 Å². The van der Waals surface area contributed by atoms with Gasteiger partial charge in [0.25, 0.3) is 0 Å². The van der Waals surface area contributed by atoms with E-state index in [0.29, 0.717) is 47.1 Å². The van der Waals surface area contributed by atoms with E-state index in [-0.39, 0.29) is 23.9 Å². The maximum absolute atomic E-state index is 13.0. The van der Waals surface area contributed by atoms with E-state index in [2.05, 4.69) is 19.1 Å². The fourth-order valence-electron chi connectivity index (χ4n) is 4.97. The Kier molecular flexibility index (Phi) is 8.44. The molecule has 0 saturated heterocycles. The first kappa shape index (κ1) is 27.7. The molecule has 0 atom stereocenters. The summed E-state index contributed by atoms with van der Waals surface area (Å²) in [6.07, 6.45) is 1.00. The summed E-state index contributed by atoms with van der Waals surface area (Å²) in [5.74, 6) is -0.0589. The molecule has 38 heavy (non-hydrogen) atoms. The van der Waals surface area contributed by atoms with Crippen LogP contribution in [0.1, 0.15) is 39.0 Å². The lowest BCUT2D eigenvalue weighted by atomic mass is 9.97. The van der Waals surface area contributed by atoms with E-state index in [4.69, 9.17) is 28.6 Å². The number of Topliss-reactive ketones (excluding diaryl/α,β-unsaturated/α-hetero) is 1. The maximum atomic E-state index is 13.0. The van der Waals surface area contributed by atoms with E-state index in [9.17, 15) is 9.59 Å². The summed E-state index contributed by atoms with van der Waals surface area (Å²) in [6.45, 7) is 7.20. The second-order valence-corrected chi connectivity index (χ2v) is 10.7. The van der Waals surface area contributed by atoms with Crippen LogP contribution < -0.4 is 5.62 Å². The minimum absolute atomic E-state index is 0.0119. The number of aromatic nitrogens is 2. The molecular formula is C30H32Cl2N4O2.